The fourth-order valence-corrected chi connectivity index (χ4v) is 2.90. The molecule has 0 spiro atoms. The molecule has 1 saturated carbocycles. The molecule has 0 bridgehead atoms. The summed E-state index contributed by atoms with van der Waals surface area (Å²) in [6.07, 6.45) is 3.56. The Balaban J connectivity index is 1.38. The molecule has 2 fully saturated rings. The van der Waals surface area contributed by atoms with Crippen LogP contribution in [0.2, 0.25) is 0 Å². The lowest BCUT2D eigenvalue weighted by Gasteiger charge is -2.32. The van der Waals surface area contributed by atoms with E-state index in [1.54, 1.807) is 29.2 Å². The molecule has 0 radical (unpaired) electrons. The zero-order valence-corrected chi connectivity index (χ0v) is 13.7. The van der Waals surface area contributed by atoms with Gasteiger partial charge in [-0.2, -0.15) is 0 Å². The molecular formula is C18H23N3O3. The molecule has 6 nitrogen and oxygen atoms in total. The summed E-state index contributed by atoms with van der Waals surface area (Å²) in [5.74, 6) is 0.0644. The maximum atomic E-state index is 12.2. The normalized spacial score (nSPS) is 18.1. The number of nitrogens with zero attached hydrogens (tertiary/aromatic N) is 1. The van der Waals surface area contributed by atoms with E-state index in [2.05, 4.69) is 10.6 Å². The Bertz CT molecular complexity index is 605. The highest BCUT2D eigenvalue weighted by Crippen LogP contribution is 2.29. The zero-order chi connectivity index (χ0) is 16.9. The first-order chi connectivity index (χ1) is 11.6. The van der Waals surface area contributed by atoms with Gasteiger partial charge in [0, 0.05) is 30.6 Å². The second kappa shape index (κ2) is 7.47. The van der Waals surface area contributed by atoms with Crippen molar-refractivity contribution in [3.05, 3.63) is 35.9 Å². The minimum Gasteiger partial charge on any atom is -0.353 e. The largest absolute Gasteiger partial charge is 0.353 e. The molecule has 3 amide bonds. The first-order valence-electron chi connectivity index (χ1n) is 8.55. The summed E-state index contributed by atoms with van der Waals surface area (Å²) in [6, 6.07) is 9.02. The number of carbonyl (C=O) groups is 3. The number of nitrogens with one attached hydrogen (secondary N) is 2. The number of carbonyl (C=O) groups excluding carboxylic acids is 3. The predicted molar refractivity (Wildman–Crippen MR) is 89.2 cm³/mol. The van der Waals surface area contributed by atoms with Gasteiger partial charge in [-0.25, -0.2) is 0 Å². The summed E-state index contributed by atoms with van der Waals surface area (Å²) in [7, 11) is 0. The highest BCUT2D eigenvalue weighted by atomic mass is 16.2. The molecule has 1 saturated heterocycles. The Labute approximate surface area is 141 Å². The van der Waals surface area contributed by atoms with Gasteiger partial charge in [-0.1, -0.05) is 18.2 Å². The lowest BCUT2D eigenvalue weighted by atomic mass is 10.0. The molecule has 3 rings (SSSR count). The topological polar surface area (TPSA) is 78.5 Å². The van der Waals surface area contributed by atoms with Crippen LogP contribution in [-0.4, -0.2) is 48.3 Å². The molecule has 2 N–H and O–H groups in total. The van der Waals surface area contributed by atoms with Crippen molar-refractivity contribution < 1.29 is 14.4 Å². The van der Waals surface area contributed by atoms with Gasteiger partial charge in [-0.05, 0) is 37.8 Å². The predicted octanol–water partition coefficient (Wildman–Crippen LogP) is 0.934. The van der Waals surface area contributed by atoms with E-state index in [-0.39, 0.29) is 36.2 Å². The van der Waals surface area contributed by atoms with Crippen LogP contribution in [0, 0.1) is 5.92 Å². The van der Waals surface area contributed by atoms with Crippen LogP contribution < -0.4 is 10.6 Å². The molecule has 1 heterocycles. The van der Waals surface area contributed by atoms with E-state index in [0.29, 0.717) is 18.7 Å². The van der Waals surface area contributed by atoms with Gasteiger partial charge in [0.25, 0.3) is 5.91 Å². The smallest absolute Gasteiger partial charge is 0.251 e. The van der Waals surface area contributed by atoms with Gasteiger partial charge in [0.15, 0.2) is 0 Å². The molecule has 128 valence electrons. The Kier molecular flexibility index (Phi) is 5.13. The Morgan fingerprint density at radius 1 is 1.00 bits per heavy atom. The van der Waals surface area contributed by atoms with Crippen molar-refractivity contribution in [2.75, 3.05) is 19.6 Å². The molecule has 6 heteroatoms. The zero-order valence-electron chi connectivity index (χ0n) is 13.7. The van der Waals surface area contributed by atoms with Gasteiger partial charge in [0.05, 0.1) is 6.54 Å². The number of piperidine rings is 1. The summed E-state index contributed by atoms with van der Waals surface area (Å²) in [4.78, 5) is 37.7. The van der Waals surface area contributed by atoms with Crippen molar-refractivity contribution >= 4 is 17.7 Å². The van der Waals surface area contributed by atoms with E-state index in [1.807, 2.05) is 6.07 Å². The minimum atomic E-state index is -0.240. The highest BCUT2D eigenvalue weighted by molar-refractivity contribution is 5.96. The first kappa shape index (κ1) is 16.5. The molecular weight excluding hydrogens is 306 g/mol. The van der Waals surface area contributed by atoms with Gasteiger partial charge in [0.1, 0.15) is 0 Å². The van der Waals surface area contributed by atoms with E-state index in [9.17, 15) is 14.4 Å². The first-order valence-corrected chi connectivity index (χ1v) is 8.55. The van der Waals surface area contributed by atoms with E-state index >= 15 is 0 Å². The van der Waals surface area contributed by atoms with Crippen LogP contribution in [-0.2, 0) is 9.59 Å². The second-order valence-corrected chi connectivity index (χ2v) is 6.49. The third-order valence-corrected chi connectivity index (χ3v) is 4.58. The Morgan fingerprint density at radius 2 is 1.67 bits per heavy atom. The molecule has 0 unspecified atom stereocenters. The quantitative estimate of drug-likeness (QED) is 0.844. The van der Waals surface area contributed by atoms with Gasteiger partial charge in [0.2, 0.25) is 11.8 Å². The SMILES string of the molecule is O=C(NCC(=O)N1CCC(NC(=O)C2CC2)CC1)c1ccccc1. The number of rotatable bonds is 5. The van der Waals surface area contributed by atoms with Crippen molar-refractivity contribution in [2.45, 2.75) is 31.7 Å². The lowest BCUT2D eigenvalue weighted by Crippen LogP contribution is -2.49. The van der Waals surface area contributed by atoms with Crippen LogP contribution in [0.1, 0.15) is 36.0 Å². The van der Waals surface area contributed by atoms with Crippen LogP contribution >= 0.6 is 0 Å². The monoisotopic (exact) mass is 329 g/mol. The summed E-state index contributed by atoms with van der Waals surface area (Å²) in [5, 5.41) is 5.73. The number of likely N-dealkylation sites (tertiary alicyclic amines) is 1. The van der Waals surface area contributed by atoms with Crippen molar-refractivity contribution in [2.24, 2.45) is 5.92 Å². The van der Waals surface area contributed by atoms with Crippen LogP contribution in [0.5, 0.6) is 0 Å². The third-order valence-electron chi connectivity index (χ3n) is 4.58. The van der Waals surface area contributed by atoms with Crippen molar-refractivity contribution in [1.29, 1.82) is 0 Å². The minimum absolute atomic E-state index is 0.00677. The van der Waals surface area contributed by atoms with Crippen LogP contribution in [0.25, 0.3) is 0 Å². The van der Waals surface area contributed by atoms with Gasteiger partial charge >= 0.3 is 0 Å². The van der Waals surface area contributed by atoms with E-state index < -0.39 is 0 Å². The molecule has 2 aliphatic rings. The standard InChI is InChI=1S/C18H23N3O3/c22-16(12-19-17(23)13-4-2-1-3-5-13)21-10-8-15(9-11-21)20-18(24)14-6-7-14/h1-5,14-15H,6-12H2,(H,19,23)(H,20,24). The maximum Gasteiger partial charge on any atom is 0.251 e. The van der Waals surface area contributed by atoms with Gasteiger partial charge < -0.3 is 15.5 Å². The van der Waals surface area contributed by atoms with E-state index in [4.69, 9.17) is 0 Å². The van der Waals surface area contributed by atoms with Crippen molar-refractivity contribution in [3.63, 3.8) is 0 Å². The molecule has 24 heavy (non-hydrogen) atoms. The van der Waals surface area contributed by atoms with Crippen molar-refractivity contribution in [3.8, 4) is 0 Å². The number of hydrogen-bond acceptors (Lipinski definition) is 3. The Hall–Kier alpha value is -2.37. The van der Waals surface area contributed by atoms with Crippen molar-refractivity contribution in [1.82, 2.24) is 15.5 Å². The van der Waals surface area contributed by atoms with E-state index in [1.165, 1.54) is 0 Å². The molecule has 1 aliphatic carbocycles. The molecule has 0 aromatic heterocycles. The van der Waals surface area contributed by atoms with Crippen LogP contribution in [0.3, 0.4) is 0 Å². The fourth-order valence-electron chi connectivity index (χ4n) is 2.90. The van der Waals surface area contributed by atoms with Gasteiger partial charge in [-0.15, -0.1) is 0 Å². The maximum absolute atomic E-state index is 12.2. The van der Waals surface area contributed by atoms with Crippen LogP contribution in [0.15, 0.2) is 30.3 Å². The molecule has 1 aromatic carbocycles. The van der Waals surface area contributed by atoms with E-state index in [0.717, 1.165) is 25.7 Å². The lowest BCUT2D eigenvalue weighted by molar-refractivity contribution is -0.131. The molecule has 1 aliphatic heterocycles. The molecule has 0 atom stereocenters. The summed E-state index contributed by atoms with van der Waals surface area (Å²) in [5.41, 5.74) is 0.548. The highest BCUT2D eigenvalue weighted by Gasteiger charge is 2.32. The second-order valence-electron chi connectivity index (χ2n) is 6.49. The third kappa shape index (κ3) is 4.34. The number of benzene rings is 1. The van der Waals surface area contributed by atoms with Crippen LogP contribution in [0.4, 0.5) is 0 Å². The summed E-state index contributed by atoms with van der Waals surface area (Å²) < 4.78 is 0. The summed E-state index contributed by atoms with van der Waals surface area (Å²) >= 11 is 0. The average Bonchev–Trinajstić information content (AvgIpc) is 3.46. The fraction of sp³-hybridized carbons (Fsp3) is 0.500. The average molecular weight is 329 g/mol. The summed E-state index contributed by atoms with van der Waals surface area (Å²) in [6.45, 7) is 1.25. The molecule has 1 aromatic rings. The number of amides is 3. The number of hydrogen-bond donors (Lipinski definition) is 2. The van der Waals surface area contributed by atoms with Gasteiger partial charge in [-0.3, -0.25) is 14.4 Å². The Morgan fingerprint density at radius 3 is 2.29 bits per heavy atom.